The van der Waals surface area contributed by atoms with Crippen LogP contribution in [-0.2, 0) is 17.6 Å². The zero-order valence-corrected chi connectivity index (χ0v) is 12.2. The molecule has 2 atom stereocenters. The van der Waals surface area contributed by atoms with Gasteiger partial charge < -0.3 is 10.5 Å². The van der Waals surface area contributed by atoms with Gasteiger partial charge in [0.15, 0.2) is 5.82 Å². The fraction of sp³-hybridized carbons (Fsp3) is 0.714. The van der Waals surface area contributed by atoms with E-state index in [1.54, 1.807) is 0 Å². The van der Waals surface area contributed by atoms with E-state index < -0.39 is 0 Å². The van der Waals surface area contributed by atoms with Crippen molar-refractivity contribution in [3.8, 4) is 0 Å². The first kappa shape index (κ1) is 13.3. The van der Waals surface area contributed by atoms with Crippen LogP contribution >= 0.6 is 11.8 Å². The van der Waals surface area contributed by atoms with Crippen LogP contribution in [0.5, 0.6) is 0 Å². The van der Waals surface area contributed by atoms with Gasteiger partial charge in [0.05, 0.1) is 6.61 Å². The maximum Gasteiger partial charge on any atom is 0.158 e. The van der Waals surface area contributed by atoms with Crippen molar-refractivity contribution in [3.63, 3.8) is 0 Å². The molecule has 4 nitrogen and oxygen atoms in total. The maximum atomic E-state index is 5.79. The van der Waals surface area contributed by atoms with Gasteiger partial charge in [0, 0.05) is 22.9 Å². The number of nitrogens with two attached hydrogens (primary N) is 1. The van der Waals surface area contributed by atoms with Crippen molar-refractivity contribution in [2.45, 2.75) is 32.3 Å². The van der Waals surface area contributed by atoms with Crippen molar-refractivity contribution < 1.29 is 4.74 Å². The second kappa shape index (κ2) is 5.77. The van der Waals surface area contributed by atoms with Gasteiger partial charge in [0.2, 0.25) is 0 Å². The molecule has 1 aromatic rings. The van der Waals surface area contributed by atoms with Crippen LogP contribution in [-0.4, -0.2) is 34.6 Å². The van der Waals surface area contributed by atoms with Gasteiger partial charge in [0.25, 0.3) is 0 Å². The lowest BCUT2D eigenvalue weighted by Gasteiger charge is -2.26. The molecular weight excluding hydrogens is 258 g/mol. The predicted molar refractivity (Wildman–Crippen MR) is 77.4 cm³/mol. The molecule has 1 aliphatic carbocycles. The Balaban J connectivity index is 1.87. The summed E-state index contributed by atoms with van der Waals surface area (Å²) in [6.45, 7) is 3.67. The van der Waals surface area contributed by atoms with Crippen LogP contribution in [0.2, 0.25) is 0 Å². The minimum absolute atomic E-state index is 0.0787. The summed E-state index contributed by atoms with van der Waals surface area (Å²) in [5.41, 5.74) is 9.47. The molecule has 1 aromatic heterocycles. The van der Waals surface area contributed by atoms with Crippen LogP contribution < -0.4 is 5.73 Å². The van der Waals surface area contributed by atoms with E-state index >= 15 is 0 Å². The zero-order valence-electron chi connectivity index (χ0n) is 11.4. The highest BCUT2D eigenvalue weighted by Crippen LogP contribution is 2.29. The molecule has 104 valence electrons. The van der Waals surface area contributed by atoms with Crippen LogP contribution in [0.25, 0.3) is 0 Å². The Kier molecular flexibility index (Phi) is 4.05. The molecule has 2 heterocycles. The van der Waals surface area contributed by atoms with Gasteiger partial charge in [-0.25, -0.2) is 9.97 Å². The summed E-state index contributed by atoms with van der Waals surface area (Å²) in [4.78, 5) is 9.46. The van der Waals surface area contributed by atoms with Crippen molar-refractivity contribution in [2.24, 2.45) is 11.7 Å². The average Bonchev–Trinajstić information content (AvgIpc) is 2.48. The standard InChI is InChI=1S/C14H21N3OS/c1-9-11-6-10(7-15)2-3-12(11)17-14(16-9)13-8-19-5-4-18-13/h10,13H,2-8,15H2,1H3. The summed E-state index contributed by atoms with van der Waals surface area (Å²) < 4.78 is 5.79. The summed E-state index contributed by atoms with van der Waals surface area (Å²) in [7, 11) is 0. The first-order chi connectivity index (χ1) is 9.28. The summed E-state index contributed by atoms with van der Waals surface area (Å²) in [6, 6.07) is 0. The van der Waals surface area contributed by atoms with Gasteiger partial charge in [-0.05, 0) is 44.2 Å². The number of ether oxygens (including phenoxy) is 1. The number of aryl methyl sites for hydroxylation is 2. The van der Waals surface area contributed by atoms with E-state index in [0.29, 0.717) is 5.92 Å². The summed E-state index contributed by atoms with van der Waals surface area (Å²) in [5.74, 6) is 3.54. The third-order valence-electron chi connectivity index (χ3n) is 4.04. The molecule has 1 saturated heterocycles. The smallest absolute Gasteiger partial charge is 0.158 e. The number of fused-ring (bicyclic) bond motifs is 1. The Bertz CT molecular complexity index is 460. The fourth-order valence-electron chi connectivity index (χ4n) is 2.86. The first-order valence-electron chi connectivity index (χ1n) is 7.03. The van der Waals surface area contributed by atoms with Crippen LogP contribution in [0.15, 0.2) is 0 Å². The van der Waals surface area contributed by atoms with E-state index in [4.69, 9.17) is 15.5 Å². The van der Waals surface area contributed by atoms with Crippen molar-refractivity contribution in [1.82, 2.24) is 9.97 Å². The van der Waals surface area contributed by atoms with Gasteiger partial charge in [-0.1, -0.05) is 0 Å². The maximum absolute atomic E-state index is 5.79. The van der Waals surface area contributed by atoms with Crippen molar-refractivity contribution in [3.05, 3.63) is 22.8 Å². The molecule has 0 amide bonds. The van der Waals surface area contributed by atoms with E-state index in [-0.39, 0.29) is 6.10 Å². The molecule has 0 saturated carbocycles. The highest BCUT2D eigenvalue weighted by atomic mass is 32.2. The highest BCUT2D eigenvalue weighted by molar-refractivity contribution is 7.99. The number of rotatable bonds is 2. The molecule has 0 aromatic carbocycles. The van der Waals surface area contributed by atoms with Gasteiger partial charge >= 0.3 is 0 Å². The Labute approximate surface area is 118 Å². The fourth-order valence-corrected chi connectivity index (χ4v) is 3.70. The molecule has 2 N–H and O–H groups in total. The molecule has 1 aliphatic heterocycles. The Hall–Kier alpha value is -0.650. The monoisotopic (exact) mass is 279 g/mol. The first-order valence-corrected chi connectivity index (χ1v) is 8.19. The Morgan fingerprint density at radius 1 is 1.42 bits per heavy atom. The van der Waals surface area contributed by atoms with E-state index in [1.165, 1.54) is 11.3 Å². The van der Waals surface area contributed by atoms with E-state index in [0.717, 1.165) is 55.4 Å². The molecule has 5 heteroatoms. The normalized spacial score (nSPS) is 27.1. The zero-order chi connectivity index (χ0) is 13.2. The van der Waals surface area contributed by atoms with Crippen LogP contribution in [0, 0.1) is 12.8 Å². The molecule has 19 heavy (non-hydrogen) atoms. The SMILES string of the molecule is Cc1nc(C2CSCCO2)nc2c1CC(CN)CC2. The second-order valence-corrected chi connectivity index (χ2v) is 6.52. The van der Waals surface area contributed by atoms with Crippen LogP contribution in [0.1, 0.15) is 35.3 Å². The second-order valence-electron chi connectivity index (χ2n) is 5.37. The van der Waals surface area contributed by atoms with E-state index in [9.17, 15) is 0 Å². The molecule has 1 fully saturated rings. The van der Waals surface area contributed by atoms with Gasteiger partial charge in [0.1, 0.15) is 6.10 Å². The number of thioether (sulfide) groups is 1. The lowest BCUT2D eigenvalue weighted by molar-refractivity contribution is 0.0690. The number of hydrogen-bond donors (Lipinski definition) is 1. The van der Waals surface area contributed by atoms with Crippen molar-refractivity contribution >= 4 is 11.8 Å². The molecular formula is C14H21N3OS. The highest BCUT2D eigenvalue weighted by Gasteiger charge is 2.25. The van der Waals surface area contributed by atoms with Gasteiger partial charge in [-0.15, -0.1) is 0 Å². The number of hydrogen-bond acceptors (Lipinski definition) is 5. The number of nitrogens with zero attached hydrogens (tertiary/aromatic N) is 2. The third-order valence-corrected chi connectivity index (χ3v) is 5.03. The van der Waals surface area contributed by atoms with Crippen LogP contribution in [0.4, 0.5) is 0 Å². The summed E-state index contributed by atoms with van der Waals surface area (Å²) in [6.07, 6.45) is 3.31. The minimum Gasteiger partial charge on any atom is -0.368 e. The molecule has 3 rings (SSSR count). The average molecular weight is 279 g/mol. The van der Waals surface area contributed by atoms with Crippen molar-refractivity contribution in [1.29, 1.82) is 0 Å². The minimum atomic E-state index is 0.0787. The number of aromatic nitrogens is 2. The predicted octanol–water partition coefficient (Wildman–Crippen LogP) is 1.65. The van der Waals surface area contributed by atoms with Gasteiger partial charge in [-0.3, -0.25) is 0 Å². The topological polar surface area (TPSA) is 61.0 Å². The lowest BCUT2D eigenvalue weighted by Crippen LogP contribution is -2.26. The third kappa shape index (κ3) is 2.78. The lowest BCUT2D eigenvalue weighted by atomic mass is 9.86. The largest absolute Gasteiger partial charge is 0.368 e. The Morgan fingerprint density at radius 2 is 2.32 bits per heavy atom. The molecule has 0 spiro atoms. The molecule has 2 unspecified atom stereocenters. The van der Waals surface area contributed by atoms with Gasteiger partial charge in [-0.2, -0.15) is 11.8 Å². The summed E-state index contributed by atoms with van der Waals surface area (Å²) >= 11 is 1.92. The van der Waals surface area contributed by atoms with E-state index in [2.05, 4.69) is 11.9 Å². The quantitative estimate of drug-likeness (QED) is 0.892. The van der Waals surface area contributed by atoms with E-state index in [1.807, 2.05) is 11.8 Å². The van der Waals surface area contributed by atoms with Crippen molar-refractivity contribution in [2.75, 3.05) is 24.7 Å². The molecule has 0 bridgehead atoms. The molecule has 2 aliphatic rings. The molecule has 0 radical (unpaired) electrons. The van der Waals surface area contributed by atoms with Crippen LogP contribution in [0.3, 0.4) is 0 Å². The Morgan fingerprint density at radius 3 is 3.05 bits per heavy atom. The summed E-state index contributed by atoms with van der Waals surface area (Å²) in [5, 5.41) is 0.